The quantitative estimate of drug-likeness (QED) is 0.471. The number of carbonyl (C=O) groups excluding carboxylic acids is 2. The fourth-order valence-corrected chi connectivity index (χ4v) is 2.13. The fourth-order valence-electron chi connectivity index (χ4n) is 2.13. The summed E-state index contributed by atoms with van der Waals surface area (Å²) < 4.78 is 23.5. The topological polar surface area (TPSA) is 108 Å². The van der Waals surface area contributed by atoms with E-state index in [1.807, 2.05) is 0 Å². The highest BCUT2D eigenvalue weighted by Gasteiger charge is 2.23. The Morgan fingerprint density at radius 2 is 1.93 bits per heavy atom. The molecular formula is C18H17FN2O6. The van der Waals surface area contributed by atoms with Crippen molar-refractivity contribution in [3.8, 4) is 5.75 Å². The van der Waals surface area contributed by atoms with Crippen LogP contribution in [0.2, 0.25) is 0 Å². The Balaban J connectivity index is 2.10. The van der Waals surface area contributed by atoms with E-state index in [1.165, 1.54) is 38.3 Å². The van der Waals surface area contributed by atoms with Crippen molar-refractivity contribution in [2.75, 3.05) is 12.4 Å². The van der Waals surface area contributed by atoms with Crippen LogP contribution in [0, 0.1) is 22.9 Å². The molecule has 0 saturated carbocycles. The molecule has 1 amide bonds. The lowest BCUT2D eigenvalue weighted by molar-refractivity contribution is -0.384. The van der Waals surface area contributed by atoms with Gasteiger partial charge in [0, 0.05) is 0 Å². The molecule has 2 rings (SSSR count). The first-order valence-corrected chi connectivity index (χ1v) is 7.83. The van der Waals surface area contributed by atoms with Crippen LogP contribution in [0.25, 0.3) is 0 Å². The molecule has 1 atom stereocenters. The number of benzene rings is 2. The highest BCUT2D eigenvalue weighted by atomic mass is 19.1. The predicted molar refractivity (Wildman–Crippen MR) is 94.3 cm³/mol. The Morgan fingerprint density at radius 3 is 2.52 bits per heavy atom. The molecule has 0 bridgehead atoms. The van der Waals surface area contributed by atoms with E-state index < -0.39 is 28.7 Å². The van der Waals surface area contributed by atoms with E-state index in [9.17, 15) is 24.1 Å². The van der Waals surface area contributed by atoms with E-state index >= 15 is 0 Å². The lowest BCUT2D eigenvalue weighted by atomic mass is 10.1. The summed E-state index contributed by atoms with van der Waals surface area (Å²) in [5.41, 5.74) is -0.130. The first-order valence-electron chi connectivity index (χ1n) is 7.83. The molecule has 9 heteroatoms. The molecule has 0 aliphatic rings. The summed E-state index contributed by atoms with van der Waals surface area (Å²) in [5, 5.41) is 13.5. The highest BCUT2D eigenvalue weighted by Crippen LogP contribution is 2.29. The average molecular weight is 376 g/mol. The summed E-state index contributed by atoms with van der Waals surface area (Å²) in [7, 11) is 1.35. The highest BCUT2D eigenvalue weighted by molar-refractivity contribution is 5.98. The van der Waals surface area contributed by atoms with Gasteiger partial charge in [0.1, 0.15) is 17.3 Å². The maximum Gasteiger partial charge on any atom is 0.339 e. The third-order valence-corrected chi connectivity index (χ3v) is 3.72. The van der Waals surface area contributed by atoms with Crippen LogP contribution in [-0.4, -0.2) is 30.0 Å². The number of ether oxygens (including phenoxy) is 2. The maximum atomic E-state index is 13.5. The normalized spacial score (nSPS) is 11.4. The van der Waals surface area contributed by atoms with E-state index in [0.717, 1.165) is 12.1 Å². The zero-order valence-corrected chi connectivity index (χ0v) is 14.8. The Hall–Kier alpha value is -3.49. The zero-order valence-electron chi connectivity index (χ0n) is 14.8. The lowest BCUT2D eigenvalue weighted by Crippen LogP contribution is -2.30. The minimum atomic E-state index is -1.26. The van der Waals surface area contributed by atoms with Gasteiger partial charge in [-0.05, 0) is 43.7 Å². The Kier molecular flexibility index (Phi) is 6.07. The molecule has 0 fully saturated rings. The van der Waals surface area contributed by atoms with Crippen LogP contribution in [0.3, 0.4) is 0 Å². The van der Waals surface area contributed by atoms with Crippen LogP contribution < -0.4 is 10.1 Å². The summed E-state index contributed by atoms with van der Waals surface area (Å²) in [6.45, 7) is 2.84. The third kappa shape index (κ3) is 4.78. The van der Waals surface area contributed by atoms with Crippen molar-refractivity contribution in [2.24, 2.45) is 0 Å². The number of esters is 1. The summed E-state index contributed by atoms with van der Waals surface area (Å²) in [5.74, 6) is -1.99. The second-order valence-electron chi connectivity index (χ2n) is 5.64. The number of nitro groups is 1. The second kappa shape index (κ2) is 8.26. The first kappa shape index (κ1) is 19.8. The van der Waals surface area contributed by atoms with Gasteiger partial charge in [0.15, 0.2) is 6.10 Å². The Bertz CT molecular complexity index is 899. The number of hydrogen-bond acceptors (Lipinski definition) is 6. The van der Waals surface area contributed by atoms with Crippen LogP contribution in [0.4, 0.5) is 15.8 Å². The number of rotatable bonds is 6. The summed E-state index contributed by atoms with van der Waals surface area (Å²) in [6.07, 6.45) is -1.26. The summed E-state index contributed by atoms with van der Waals surface area (Å²) >= 11 is 0. The number of nitrogens with one attached hydrogen (secondary N) is 1. The second-order valence-corrected chi connectivity index (χ2v) is 5.64. The van der Waals surface area contributed by atoms with Crippen molar-refractivity contribution in [3.63, 3.8) is 0 Å². The van der Waals surface area contributed by atoms with Gasteiger partial charge >= 0.3 is 5.97 Å². The average Bonchev–Trinajstić information content (AvgIpc) is 2.63. The van der Waals surface area contributed by atoms with E-state index in [4.69, 9.17) is 9.47 Å². The monoisotopic (exact) mass is 376 g/mol. The molecule has 0 radical (unpaired) electrons. The van der Waals surface area contributed by atoms with E-state index in [-0.39, 0.29) is 22.7 Å². The van der Waals surface area contributed by atoms with Crippen LogP contribution in [0.1, 0.15) is 22.8 Å². The number of amides is 1. The van der Waals surface area contributed by atoms with Crippen molar-refractivity contribution in [1.82, 2.24) is 0 Å². The number of halogens is 1. The molecule has 0 aliphatic heterocycles. The van der Waals surface area contributed by atoms with Gasteiger partial charge in [0.25, 0.3) is 11.6 Å². The van der Waals surface area contributed by atoms with Gasteiger partial charge in [0.2, 0.25) is 0 Å². The molecule has 1 unspecified atom stereocenters. The molecule has 0 aromatic heterocycles. The molecule has 27 heavy (non-hydrogen) atoms. The molecule has 2 aromatic rings. The van der Waals surface area contributed by atoms with Gasteiger partial charge in [0.05, 0.1) is 23.7 Å². The van der Waals surface area contributed by atoms with Crippen LogP contribution in [0.5, 0.6) is 5.75 Å². The Morgan fingerprint density at radius 1 is 1.22 bits per heavy atom. The SMILES string of the molecule is COc1ccc(NC(=O)C(C)OC(=O)c2ccc(C)c(F)c2)c([N+](=O)[O-])c1. The third-order valence-electron chi connectivity index (χ3n) is 3.72. The number of methoxy groups -OCH3 is 1. The molecule has 1 N–H and O–H groups in total. The molecule has 0 spiro atoms. The molecule has 142 valence electrons. The molecule has 0 saturated heterocycles. The summed E-state index contributed by atoms with van der Waals surface area (Å²) in [4.78, 5) is 34.7. The predicted octanol–water partition coefficient (Wildman–Crippen LogP) is 3.23. The van der Waals surface area contributed by atoms with E-state index in [0.29, 0.717) is 5.56 Å². The van der Waals surface area contributed by atoms with E-state index in [2.05, 4.69) is 5.32 Å². The van der Waals surface area contributed by atoms with Gasteiger partial charge in [-0.25, -0.2) is 9.18 Å². The van der Waals surface area contributed by atoms with Gasteiger partial charge in [-0.1, -0.05) is 6.07 Å². The molecular weight excluding hydrogens is 359 g/mol. The molecule has 0 heterocycles. The van der Waals surface area contributed by atoms with Crippen LogP contribution >= 0.6 is 0 Å². The van der Waals surface area contributed by atoms with Crippen molar-refractivity contribution in [3.05, 3.63) is 63.5 Å². The number of aryl methyl sites for hydroxylation is 1. The van der Waals surface area contributed by atoms with Crippen molar-refractivity contribution in [1.29, 1.82) is 0 Å². The molecule has 2 aromatic carbocycles. The first-order chi connectivity index (χ1) is 12.7. The molecule has 8 nitrogen and oxygen atoms in total. The maximum absolute atomic E-state index is 13.5. The fraction of sp³-hybridized carbons (Fsp3) is 0.222. The lowest BCUT2D eigenvalue weighted by Gasteiger charge is -2.14. The van der Waals surface area contributed by atoms with Crippen molar-refractivity contribution < 1.29 is 28.4 Å². The van der Waals surface area contributed by atoms with E-state index in [1.54, 1.807) is 6.92 Å². The van der Waals surface area contributed by atoms with Crippen LogP contribution in [-0.2, 0) is 9.53 Å². The number of anilines is 1. The van der Waals surface area contributed by atoms with Crippen LogP contribution in [0.15, 0.2) is 36.4 Å². The standard InChI is InChI=1S/C18H17FN2O6/c1-10-4-5-12(8-14(10)19)18(23)27-11(2)17(22)20-15-7-6-13(26-3)9-16(15)21(24)25/h4-9,11H,1-3H3,(H,20,22). The van der Waals surface area contributed by atoms with Gasteiger partial charge in [-0.3, -0.25) is 14.9 Å². The van der Waals surface area contributed by atoms with Crippen molar-refractivity contribution in [2.45, 2.75) is 20.0 Å². The van der Waals surface area contributed by atoms with Gasteiger partial charge < -0.3 is 14.8 Å². The number of nitrogens with zero attached hydrogens (tertiary/aromatic N) is 1. The largest absolute Gasteiger partial charge is 0.496 e. The molecule has 0 aliphatic carbocycles. The zero-order chi connectivity index (χ0) is 20.1. The number of hydrogen-bond donors (Lipinski definition) is 1. The van der Waals surface area contributed by atoms with Gasteiger partial charge in [-0.2, -0.15) is 0 Å². The minimum absolute atomic E-state index is 0.0480. The van der Waals surface area contributed by atoms with Gasteiger partial charge in [-0.15, -0.1) is 0 Å². The smallest absolute Gasteiger partial charge is 0.339 e. The number of carbonyl (C=O) groups is 2. The summed E-state index contributed by atoms with van der Waals surface area (Å²) in [6, 6.07) is 7.70. The number of nitro benzene ring substituents is 1. The van der Waals surface area contributed by atoms with Crippen molar-refractivity contribution >= 4 is 23.3 Å². The Labute approximate surface area is 154 Å². The minimum Gasteiger partial charge on any atom is -0.496 e.